The summed E-state index contributed by atoms with van der Waals surface area (Å²) in [4.78, 5) is 14.4. The van der Waals surface area contributed by atoms with Gasteiger partial charge in [-0.15, -0.1) is 0 Å². The van der Waals surface area contributed by atoms with Gasteiger partial charge in [0.2, 0.25) is 0 Å². The number of carbonyl (C=O) groups excluding carboxylic acids is 1. The van der Waals surface area contributed by atoms with E-state index in [0.717, 1.165) is 0 Å². The van der Waals surface area contributed by atoms with E-state index in [1.165, 1.54) is 0 Å². The van der Waals surface area contributed by atoms with Crippen LogP contribution < -0.4 is 0 Å². The standard InChI is InChI=1S/C8H9ClN2O/c1-4-3-6(11-10)7(9)5(2)8(4)12/h4H,3H2,1-2H3. The number of nitrogens with zero attached hydrogens (tertiary/aromatic N) is 2. The van der Waals surface area contributed by atoms with Crippen molar-refractivity contribution in [2.45, 2.75) is 20.3 Å². The normalized spacial score (nSPS) is 24.4. The lowest BCUT2D eigenvalue weighted by atomic mass is 9.88. The fourth-order valence-corrected chi connectivity index (χ4v) is 1.46. The van der Waals surface area contributed by atoms with E-state index in [1.807, 2.05) is 0 Å². The number of ketones is 1. The Balaban J connectivity index is 3.21. The predicted molar refractivity (Wildman–Crippen MR) is 46.0 cm³/mol. The Hall–Kier alpha value is -0.920. The summed E-state index contributed by atoms with van der Waals surface area (Å²) in [7, 11) is 0. The molecule has 0 aliphatic heterocycles. The number of allylic oxidation sites excluding steroid dienone is 2. The van der Waals surface area contributed by atoms with Crippen molar-refractivity contribution in [2.24, 2.45) is 5.92 Å². The van der Waals surface area contributed by atoms with Crippen LogP contribution in [0.3, 0.4) is 0 Å². The number of rotatable bonds is 0. The van der Waals surface area contributed by atoms with E-state index < -0.39 is 0 Å². The lowest BCUT2D eigenvalue weighted by Crippen LogP contribution is -2.24. The summed E-state index contributed by atoms with van der Waals surface area (Å²) in [5.41, 5.74) is 9.43. The highest BCUT2D eigenvalue weighted by Crippen LogP contribution is 2.25. The smallest absolute Gasteiger partial charge is 0.311 e. The third-order valence-corrected chi connectivity index (χ3v) is 2.52. The molecule has 0 heterocycles. The molecule has 0 radical (unpaired) electrons. The fraction of sp³-hybridized carbons (Fsp3) is 0.500. The summed E-state index contributed by atoms with van der Waals surface area (Å²) in [6.45, 7) is 3.44. The van der Waals surface area contributed by atoms with Crippen LogP contribution in [0.25, 0.3) is 5.53 Å². The Morgan fingerprint density at radius 2 is 2.25 bits per heavy atom. The van der Waals surface area contributed by atoms with Gasteiger partial charge in [-0.2, -0.15) is 4.79 Å². The molecular weight excluding hydrogens is 176 g/mol. The first-order valence-electron chi connectivity index (χ1n) is 3.69. The molecule has 0 bridgehead atoms. The summed E-state index contributed by atoms with van der Waals surface area (Å²) in [5.74, 6) is -0.0919. The molecule has 0 aromatic rings. The highest BCUT2D eigenvalue weighted by molar-refractivity contribution is 6.45. The van der Waals surface area contributed by atoms with Gasteiger partial charge in [-0.25, -0.2) is 0 Å². The minimum absolute atomic E-state index is 0.0346. The molecule has 0 spiro atoms. The molecule has 1 aliphatic rings. The van der Waals surface area contributed by atoms with Crippen LogP contribution in [0.15, 0.2) is 10.6 Å². The van der Waals surface area contributed by atoms with E-state index in [1.54, 1.807) is 13.8 Å². The van der Waals surface area contributed by atoms with Crippen LogP contribution in [0.4, 0.5) is 0 Å². The van der Waals surface area contributed by atoms with Gasteiger partial charge in [0.05, 0.1) is 6.42 Å². The first-order valence-corrected chi connectivity index (χ1v) is 4.07. The van der Waals surface area contributed by atoms with Gasteiger partial charge in [0, 0.05) is 11.5 Å². The molecule has 1 unspecified atom stereocenters. The summed E-state index contributed by atoms with van der Waals surface area (Å²) in [5, 5.41) is 0.292. The van der Waals surface area contributed by atoms with E-state index in [9.17, 15) is 4.79 Å². The summed E-state index contributed by atoms with van der Waals surface area (Å²) >= 11 is 5.76. The van der Waals surface area contributed by atoms with Gasteiger partial charge in [-0.3, -0.25) is 4.79 Å². The van der Waals surface area contributed by atoms with Gasteiger partial charge in [0.25, 0.3) is 0 Å². The summed E-state index contributed by atoms with van der Waals surface area (Å²) in [6.07, 6.45) is 0.422. The fourth-order valence-electron chi connectivity index (χ4n) is 1.25. The van der Waals surface area contributed by atoms with Crippen molar-refractivity contribution in [3.63, 3.8) is 0 Å². The third-order valence-electron chi connectivity index (χ3n) is 2.02. The van der Waals surface area contributed by atoms with Crippen LogP contribution in [0, 0.1) is 5.92 Å². The van der Waals surface area contributed by atoms with Crippen LogP contribution in [0.5, 0.6) is 0 Å². The summed E-state index contributed by atoms with van der Waals surface area (Å²) < 4.78 is 0. The van der Waals surface area contributed by atoms with Crippen molar-refractivity contribution in [2.75, 3.05) is 0 Å². The highest BCUT2D eigenvalue weighted by atomic mass is 35.5. The minimum Gasteiger partial charge on any atom is -0.361 e. The van der Waals surface area contributed by atoms with E-state index in [4.69, 9.17) is 17.1 Å². The number of halogens is 1. The van der Waals surface area contributed by atoms with Crippen LogP contribution in [0.1, 0.15) is 20.3 Å². The van der Waals surface area contributed by atoms with E-state index in [2.05, 4.69) is 4.79 Å². The second-order valence-corrected chi connectivity index (χ2v) is 3.33. The van der Waals surface area contributed by atoms with Crippen molar-refractivity contribution in [1.29, 1.82) is 0 Å². The van der Waals surface area contributed by atoms with Crippen LogP contribution in [-0.4, -0.2) is 16.3 Å². The first kappa shape index (κ1) is 9.17. The van der Waals surface area contributed by atoms with Crippen molar-refractivity contribution < 1.29 is 9.58 Å². The molecular formula is C8H9ClN2O. The number of hydrogen-bond acceptors (Lipinski definition) is 1. The Bertz CT molecular complexity index is 313. The Labute approximate surface area is 75.6 Å². The molecule has 0 amide bonds. The predicted octanol–water partition coefficient (Wildman–Crippen LogP) is 1.78. The van der Waals surface area contributed by atoms with Crippen molar-refractivity contribution in [3.8, 4) is 0 Å². The average Bonchev–Trinajstić information content (AvgIpc) is 2.08. The largest absolute Gasteiger partial charge is 0.361 e. The van der Waals surface area contributed by atoms with Gasteiger partial charge in [-0.1, -0.05) is 18.5 Å². The monoisotopic (exact) mass is 184 g/mol. The van der Waals surface area contributed by atoms with Crippen LogP contribution in [0.2, 0.25) is 0 Å². The third kappa shape index (κ3) is 1.33. The highest BCUT2D eigenvalue weighted by Gasteiger charge is 2.32. The van der Waals surface area contributed by atoms with Gasteiger partial charge in [0.15, 0.2) is 5.78 Å². The SMILES string of the molecule is CC1=C(Cl)C(=[N+]=[N-])CC(C)C1=O. The number of hydrogen-bond donors (Lipinski definition) is 0. The molecule has 0 saturated carbocycles. The second-order valence-electron chi connectivity index (χ2n) is 2.96. The molecule has 0 saturated heterocycles. The molecule has 1 atom stereocenters. The topological polar surface area (TPSA) is 53.5 Å². The number of carbonyl (C=O) groups is 1. The van der Waals surface area contributed by atoms with Gasteiger partial charge >= 0.3 is 5.71 Å². The lowest BCUT2D eigenvalue weighted by molar-refractivity contribution is -0.119. The van der Waals surface area contributed by atoms with Gasteiger partial charge in [-0.05, 0) is 6.92 Å². The van der Waals surface area contributed by atoms with Gasteiger partial charge in [0.1, 0.15) is 5.03 Å². The second kappa shape index (κ2) is 3.21. The van der Waals surface area contributed by atoms with Crippen LogP contribution in [-0.2, 0) is 4.79 Å². The molecule has 0 aromatic carbocycles. The Morgan fingerprint density at radius 1 is 1.67 bits per heavy atom. The maximum atomic E-state index is 11.3. The molecule has 64 valence electrons. The van der Waals surface area contributed by atoms with Crippen LogP contribution >= 0.6 is 11.6 Å². The quantitative estimate of drug-likeness (QED) is 0.418. The minimum atomic E-state index is -0.126. The maximum absolute atomic E-state index is 11.3. The first-order chi connectivity index (χ1) is 5.57. The van der Waals surface area contributed by atoms with E-state index in [0.29, 0.717) is 22.7 Å². The van der Waals surface area contributed by atoms with Crippen molar-refractivity contribution in [1.82, 2.24) is 0 Å². The molecule has 1 rings (SSSR count). The lowest BCUT2D eigenvalue weighted by Gasteiger charge is -2.13. The van der Waals surface area contributed by atoms with Crippen molar-refractivity contribution in [3.05, 3.63) is 16.1 Å². The number of Topliss-reactive ketones (excluding diaryl/α,β-unsaturated/α-hetero) is 1. The molecule has 0 aromatic heterocycles. The molecule has 4 heteroatoms. The zero-order valence-corrected chi connectivity index (χ0v) is 7.72. The van der Waals surface area contributed by atoms with Gasteiger partial charge < -0.3 is 5.53 Å². The Kier molecular flexibility index (Phi) is 2.46. The zero-order valence-electron chi connectivity index (χ0n) is 6.97. The average molecular weight is 185 g/mol. The molecule has 1 aliphatic carbocycles. The molecule has 12 heavy (non-hydrogen) atoms. The van der Waals surface area contributed by atoms with E-state index in [-0.39, 0.29) is 11.7 Å². The summed E-state index contributed by atoms with van der Waals surface area (Å²) in [6, 6.07) is 0. The molecule has 3 nitrogen and oxygen atoms in total. The zero-order chi connectivity index (χ0) is 9.30. The molecule has 0 fully saturated rings. The maximum Gasteiger partial charge on any atom is 0.311 e. The molecule has 0 N–H and O–H groups in total. The Morgan fingerprint density at radius 3 is 2.75 bits per heavy atom. The van der Waals surface area contributed by atoms with E-state index >= 15 is 0 Å². The van der Waals surface area contributed by atoms with Crippen molar-refractivity contribution >= 4 is 23.1 Å².